The van der Waals surface area contributed by atoms with Crippen molar-refractivity contribution < 1.29 is 24.2 Å². The van der Waals surface area contributed by atoms with Crippen LogP contribution in [0.3, 0.4) is 0 Å². The van der Waals surface area contributed by atoms with Crippen LogP contribution in [0.25, 0.3) is 0 Å². The second-order valence-electron chi connectivity index (χ2n) is 16.3. The van der Waals surface area contributed by atoms with Gasteiger partial charge in [0.05, 0.1) is 0 Å². The van der Waals surface area contributed by atoms with Crippen LogP contribution in [0.4, 0.5) is 4.79 Å². The number of ketones is 1. The third-order valence-electron chi connectivity index (χ3n) is 13.2. The van der Waals surface area contributed by atoms with E-state index in [-0.39, 0.29) is 41.9 Å². The number of piperidine rings is 2. The lowest BCUT2D eigenvalue weighted by molar-refractivity contribution is -0.137. The Morgan fingerprint density at radius 3 is 2.08 bits per heavy atom. The number of amides is 1. The molecule has 0 aromatic heterocycles. The second-order valence-corrected chi connectivity index (χ2v) is 16.3. The fourth-order valence-electron chi connectivity index (χ4n) is 10.3. The molecule has 0 saturated carbocycles. The predicted molar refractivity (Wildman–Crippen MR) is 206 cm³/mol. The van der Waals surface area contributed by atoms with E-state index in [0.29, 0.717) is 30.7 Å². The lowest BCUT2D eigenvalue weighted by Gasteiger charge is -2.55. The summed E-state index contributed by atoms with van der Waals surface area (Å²) < 4.78 is 5.67. The minimum absolute atomic E-state index is 0.0667. The Bertz CT molecular complexity index is 1760. The van der Waals surface area contributed by atoms with Gasteiger partial charge in [0.1, 0.15) is 12.4 Å². The molecule has 52 heavy (non-hydrogen) atoms. The van der Waals surface area contributed by atoms with Gasteiger partial charge in [0.15, 0.2) is 0 Å². The van der Waals surface area contributed by atoms with Crippen molar-refractivity contribution in [2.24, 2.45) is 11.8 Å². The molecule has 4 bridgehead atoms. The Labute approximate surface area is 310 Å². The lowest BCUT2D eigenvalue weighted by Crippen LogP contribution is -2.60. The van der Waals surface area contributed by atoms with Crippen molar-refractivity contribution in [1.82, 2.24) is 10.2 Å². The number of benzene rings is 3. The molecule has 7 nitrogen and oxygen atoms in total. The first-order valence-corrected chi connectivity index (χ1v) is 19.6. The van der Waals surface area contributed by atoms with Gasteiger partial charge in [0, 0.05) is 42.3 Å². The minimum Gasteiger partial charge on any atom is -0.481 e. The highest BCUT2D eigenvalue weighted by Crippen LogP contribution is 2.52. The molecule has 278 valence electrons. The summed E-state index contributed by atoms with van der Waals surface area (Å²) in [4.78, 5) is 37.4. The highest BCUT2D eigenvalue weighted by Gasteiger charge is 2.52. The van der Waals surface area contributed by atoms with Gasteiger partial charge < -0.3 is 24.9 Å². The number of rotatable bonds is 10. The predicted octanol–water partition coefficient (Wildman–Crippen LogP) is 8.64. The molecule has 3 aromatic rings. The monoisotopic (exact) mass is 706 g/mol. The average Bonchev–Trinajstić information content (AvgIpc) is 3.10. The van der Waals surface area contributed by atoms with Crippen LogP contribution in [-0.4, -0.2) is 53.0 Å². The van der Waals surface area contributed by atoms with Crippen LogP contribution < -0.4 is 5.32 Å². The zero-order valence-electron chi connectivity index (χ0n) is 31.9. The maximum absolute atomic E-state index is 13.0. The quantitative estimate of drug-likeness (QED) is 0.219. The lowest BCUT2D eigenvalue weighted by atomic mass is 9.56. The van der Waals surface area contributed by atoms with Crippen molar-refractivity contribution in [1.29, 1.82) is 0 Å². The van der Waals surface area contributed by atoms with Crippen molar-refractivity contribution in [2.75, 3.05) is 13.1 Å². The Balaban J connectivity index is 0.000000192. The number of carboxylic acids is 1. The van der Waals surface area contributed by atoms with Gasteiger partial charge in [-0.25, -0.2) is 4.79 Å². The van der Waals surface area contributed by atoms with E-state index in [1.165, 1.54) is 34.2 Å². The van der Waals surface area contributed by atoms with Crippen molar-refractivity contribution in [3.05, 3.63) is 106 Å². The molecule has 0 spiro atoms. The number of carbonyl (C=O) groups is 3. The maximum Gasteiger partial charge on any atom is 0.410 e. The summed E-state index contributed by atoms with van der Waals surface area (Å²) in [7, 11) is 0. The molecule has 4 aliphatic rings. The summed E-state index contributed by atoms with van der Waals surface area (Å²) >= 11 is 0. The standard InChI is InChI=1S/C26H31NO4.C19H27NO/c1-18-10-11-21-16-23-19(2)26(22(21)15-18,12-6-9-24(28)29)13-14-27(23)25(30)31-17-20-7-4-3-5-8-20;1-13-6-7-16-12-18-15(3)19(9-10-20-18,17(16)11-13)8-4-5-14(2)21/h3-5,7-8,10-11,15,19,23H,6,9,12-14,16-17H2,1-2H3,(H,28,29);6-7,11,15,18,20H,4-5,8-10,12H2,1-3H3/t19-,23+,26+;15-,18+,19+/m00/s1. The molecule has 2 heterocycles. The molecule has 0 radical (unpaired) electrons. The number of likely N-dealkylation sites (tertiary alicyclic amines) is 1. The highest BCUT2D eigenvalue weighted by molar-refractivity contribution is 5.75. The minimum atomic E-state index is -0.747. The normalized spacial score (nSPS) is 27.0. The first-order valence-electron chi connectivity index (χ1n) is 19.6. The SMILES string of the molecule is CC(=O)CCC[C@]12CCN[C@H](Cc3ccc(C)cc31)[C@@H]2C.Cc1ccc2c(c1)[C@]1(CCCC(=O)O)CCN(C(=O)OCc3ccccc3)[C@H](C2)[C@@H]1C. The van der Waals surface area contributed by atoms with Gasteiger partial charge in [-0.2, -0.15) is 0 Å². The summed E-state index contributed by atoms with van der Waals surface area (Å²) in [5.41, 5.74) is 9.52. The number of carbonyl (C=O) groups excluding carboxylic acids is 2. The van der Waals surface area contributed by atoms with Crippen molar-refractivity contribution in [2.45, 2.75) is 128 Å². The molecule has 2 fully saturated rings. The molecule has 2 saturated heterocycles. The zero-order chi connectivity index (χ0) is 37.0. The fourth-order valence-corrected chi connectivity index (χ4v) is 10.3. The molecule has 6 atom stereocenters. The zero-order valence-corrected chi connectivity index (χ0v) is 31.9. The molecule has 2 N–H and O–H groups in total. The van der Waals surface area contributed by atoms with Crippen LogP contribution >= 0.6 is 0 Å². The number of Topliss-reactive ketones (excluding diaryl/α,β-unsaturated/α-hetero) is 1. The number of hydrogen-bond donors (Lipinski definition) is 2. The summed E-state index contributed by atoms with van der Waals surface area (Å²) in [5.74, 6) is 0.480. The van der Waals surface area contributed by atoms with Crippen molar-refractivity contribution >= 4 is 17.8 Å². The fraction of sp³-hybridized carbons (Fsp3) is 0.533. The van der Waals surface area contributed by atoms with Crippen LogP contribution in [0, 0.1) is 25.7 Å². The van der Waals surface area contributed by atoms with E-state index in [1.54, 1.807) is 12.5 Å². The van der Waals surface area contributed by atoms with Gasteiger partial charge in [-0.3, -0.25) is 4.79 Å². The van der Waals surface area contributed by atoms with Gasteiger partial charge in [-0.05, 0) is 118 Å². The van der Waals surface area contributed by atoms with E-state index in [0.717, 1.165) is 57.1 Å². The van der Waals surface area contributed by atoms with E-state index < -0.39 is 5.97 Å². The molecule has 0 unspecified atom stereocenters. The highest BCUT2D eigenvalue weighted by atomic mass is 16.6. The first kappa shape index (κ1) is 37.8. The molecule has 7 heteroatoms. The second kappa shape index (κ2) is 16.0. The number of nitrogens with zero attached hydrogens (tertiary/aromatic N) is 1. The van der Waals surface area contributed by atoms with E-state index in [9.17, 15) is 14.4 Å². The van der Waals surface area contributed by atoms with Crippen LogP contribution in [0.15, 0.2) is 66.7 Å². The van der Waals surface area contributed by atoms with Crippen LogP contribution in [-0.2, 0) is 44.6 Å². The molecule has 3 aromatic carbocycles. The van der Waals surface area contributed by atoms with Gasteiger partial charge >= 0.3 is 12.1 Å². The van der Waals surface area contributed by atoms with Gasteiger partial charge in [-0.15, -0.1) is 0 Å². The summed E-state index contributed by atoms with van der Waals surface area (Å²) in [5, 5.41) is 12.9. The Morgan fingerprint density at radius 1 is 0.827 bits per heavy atom. The van der Waals surface area contributed by atoms with E-state index in [4.69, 9.17) is 9.84 Å². The van der Waals surface area contributed by atoms with Crippen LogP contribution in [0.5, 0.6) is 0 Å². The van der Waals surface area contributed by atoms with Crippen molar-refractivity contribution in [3.63, 3.8) is 0 Å². The Morgan fingerprint density at radius 2 is 1.44 bits per heavy atom. The van der Waals surface area contributed by atoms with Gasteiger partial charge in [0.25, 0.3) is 0 Å². The average molecular weight is 707 g/mol. The topological polar surface area (TPSA) is 95.9 Å². The summed E-state index contributed by atoms with van der Waals surface area (Å²) in [6, 6.07) is 24.0. The number of hydrogen-bond acceptors (Lipinski definition) is 5. The number of ether oxygens (including phenoxy) is 1. The number of aliphatic carboxylic acids is 1. The maximum atomic E-state index is 13.0. The molecule has 1 amide bonds. The molecule has 2 aliphatic carbocycles. The smallest absolute Gasteiger partial charge is 0.410 e. The number of aryl methyl sites for hydroxylation is 2. The van der Waals surface area contributed by atoms with Crippen LogP contribution in [0.1, 0.15) is 111 Å². The summed E-state index contributed by atoms with van der Waals surface area (Å²) in [6.45, 7) is 12.7. The molecular weight excluding hydrogens is 649 g/mol. The molecular formula is C45H58N2O5. The van der Waals surface area contributed by atoms with Gasteiger partial charge in [0.2, 0.25) is 0 Å². The number of nitrogens with one attached hydrogen (secondary N) is 1. The van der Waals surface area contributed by atoms with E-state index in [2.05, 4.69) is 69.4 Å². The molecule has 2 aliphatic heterocycles. The first-order chi connectivity index (χ1) is 24.9. The van der Waals surface area contributed by atoms with Crippen LogP contribution in [0.2, 0.25) is 0 Å². The molecule has 7 rings (SSSR count). The largest absolute Gasteiger partial charge is 0.481 e. The Hall–Kier alpha value is -3.97. The third kappa shape index (κ3) is 7.71. The van der Waals surface area contributed by atoms with Crippen molar-refractivity contribution in [3.8, 4) is 0 Å². The van der Waals surface area contributed by atoms with Gasteiger partial charge in [-0.1, -0.05) is 91.7 Å². The number of fused-ring (bicyclic) bond motifs is 8. The Kier molecular flexibility index (Phi) is 11.6. The summed E-state index contributed by atoms with van der Waals surface area (Å²) in [6.07, 6.45) is 8.34. The van der Waals surface area contributed by atoms with E-state index >= 15 is 0 Å². The van der Waals surface area contributed by atoms with E-state index in [1.807, 2.05) is 35.2 Å². The third-order valence-corrected chi connectivity index (χ3v) is 13.2. The number of carboxylic acid groups (broad SMARTS) is 1.